The first-order chi connectivity index (χ1) is 9.81. The summed E-state index contributed by atoms with van der Waals surface area (Å²) in [6, 6.07) is 3.90. The molecule has 6 heteroatoms. The Labute approximate surface area is 118 Å². The summed E-state index contributed by atoms with van der Waals surface area (Å²) in [5.74, 6) is 1.79. The highest BCUT2D eigenvalue weighted by atomic mass is 16.5. The molecule has 0 saturated carbocycles. The van der Waals surface area contributed by atoms with Crippen LogP contribution in [0.15, 0.2) is 12.1 Å². The highest BCUT2D eigenvalue weighted by molar-refractivity contribution is 5.50. The summed E-state index contributed by atoms with van der Waals surface area (Å²) in [4.78, 5) is 4.13. The maximum Gasteiger partial charge on any atom is 0.142 e. The first-order valence-corrected chi connectivity index (χ1v) is 6.88. The average molecular weight is 280 g/mol. The maximum atomic E-state index is 9.06. The number of ether oxygens (including phenoxy) is 2. The zero-order valence-electron chi connectivity index (χ0n) is 11.4. The van der Waals surface area contributed by atoms with Gasteiger partial charge < -0.3 is 19.7 Å². The van der Waals surface area contributed by atoms with E-state index in [0.29, 0.717) is 26.6 Å². The molecule has 6 nitrogen and oxygen atoms in total. The summed E-state index contributed by atoms with van der Waals surface area (Å²) in [5, 5.41) is 18.1. The van der Waals surface area contributed by atoms with Crippen LogP contribution in [0.5, 0.6) is 11.5 Å². The van der Waals surface area contributed by atoms with Crippen LogP contribution in [0, 0.1) is 0 Å². The quantitative estimate of drug-likeness (QED) is 0.808. The molecule has 2 heterocycles. The van der Waals surface area contributed by atoms with E-state index in [4.69, 9.17) is 19.7 Å². The van der Waals surface area contributed by atoms with Crippen molar-refractivity contribution in [2.45, 2.75) is 13.1 Å². The first-order valence-electron chi connectivity index (χ1n) is 6.88. The monoisotopic (exact) mass is 280 g/mol. The van der Waals surface area contributed by atoms with Crippen molar-refractivity contribution in [3.05, 3.63) is 23.3 Å². The van der Waals surface area contributed by atoms with E-state index in [1.807, 2.05) is 12.1 Å². The molecule has 2 N–H and O–H groups in total. The molecule has 0 bridgehead atoms. The van der Waals surface area contributed by atoms with Gasteiger partial charge in [-0.2, -0.15) is 0 Å². The molecule has 0 spiro atoms. The molecule has 0 amide bonds. The molecule has 2 aliphatic heterocycles. The predicted molar refractivity (Wildman–Crippen MR) is 72.4 cm³/mol. The van der Waals surface area contributed by atoms with Crippen molar-refractivity contribution in [1.29, 1.82) is 0 Å². The van der Waals surface area contributed by atoms with E-state index >= 15 is 0 Å². The number of fused-ring (bicyclic) bond motifs is 3. The standard InChI is InChI=1S/C14H20N2O4/c17-5-3-15-7-11-12-8-16(4-6-18)10-20-14(12)2-1-13(11)19-9-15/h1-2,17-18H,3-10H2. The van der Waals surface area contributed by atoms with Gasteiger partial charge in [-0.1, -0.05) is 0 Å². The molecule has 0 aliphatic carbocycles. The molecule has 3 rings (SSSR count). The third-order valence-electron chi connectivity index (χ3n) is 3.75. The third-order valence-corrected chi connectivity index (χ3v) is 3.75. The molecule has 0 aromatic heterocycles. The molecule has 0 radical (unpaired) electrons. The molecule has 0 saturated heterocycles. The lowest BCUT2D eigenvalue weighted by Crippen LogP contribution is -2.38. The van der Waals surface area contributed by atoms with Gasteiger partial charge in [-0.3, -0.25) is 9.80 Å². The van der Waals surface area contributed by atoms with E-state index in [1.165, 1.54) is 0 Å². The van der Waals surface area contributed by atoms with Crippen molar-refractivity contribution in [3.8, 4) is 11.5 Å². The Balaban J connectivity index is 1.86. The average Bonchev–Trinajstić information content (AvgIpc) is 2.48. The molecule has 1 aromatic rings. The summed E-state index contributed by atoms with van der Waals surface area (Å²) < 4.78 is 11.5. The Hall–Kier alpha value is -1.34. The molecule has 0 atom stereocenters. The van der Waals surface area contributed by atoms with Crippen LogP contribution in [0.4, 0.5) is 0 Å². The van der Waals surface area contributed by atoms with Crippen molar-refractivity contribution in [1.82, 2.24) is 9.80 Å². The second-order valence-corrected chi connectivity index (χ2v) is 5.12. The van der Waals surface area contributed by atoms with E-state index in [0.717, 1.165) is 35.7 Å². The van der Waals surface area contributed by atoms with Crippen LogP contribution < -0.4 is 9.47 Å². The van der Waals surface area contributed by atoms with Crippen LogP contribution in [-0.4, -0.2) is 59.8 Å². The van der Waals surface area contributed by atoms with Crippen LogP contribution in [0.1, 0.15) is 11.1 Å². The topological polar surface area (TPSA) is 65.4 Å². The zero-order chi connectivity index (χ0) is 13.9. The van der Waals surface area contributed by atoms with Crippen LogP contribution in [0.25, 0.3) is 0 Å². The lowest BCUT2D eigenvalue weighted by atomic mass is 10.0. The summed E-state index contributed by atoms with van der Waals surface area (Å²) >= 11 is 0. The number of aliphatic hydroxyl groups excluding tert-OH is 2. The van der Waals surface area contributed by atoms with Crippen molar-refractivity contribution < 1.29 is 19.7 Å². The number of aliphatic hydroxyl groups is 2. The summed E-state index contributed by atoms with van der Waals surface area (Å²) in [6.07, 6.45) is 0. The number of benzene rings is 1. The second-order valence-electron chi connectivity index (χ2n) is 5.12. The minimum Gasteiger partial charge on any atom is -0.478 e. The Bertz CT molecular complexity index is 437. The van der Waals surface area contributed by atoms with E-state index < -0.39 is 0 Å². The normalized spacial score (nSPS) is 18.9. The molecular weight excluding hydrogens is 260 g/mol. The first kappa shape index (κ1) is 13.6. The fourth-order valence-corrected chi connectivity index (χ4v) is 2.70. The molecule has 110 valence electrons. The Morgan fingerprint density at radius 2 is 1.30 bits per heavy atom. The van der Waals surface area contributed by atoms with Crippen LogP contribution in [-0.2, 0) is 13.1 Å². The number of rotatable bonds is 4. The smallest absolute Gasteiger partial charge is 0.142 e. The number of nitrogens with zero attached hydrogens (tertiary/aromatic N) is 2. The Kier molecular flexibility index (Phi) is 4.07. The minimum atomic E-state index is 0.126. The highest BCUT2D eigenvalue weighted by Crippen LogP contribution is 2.36. The van der Waals surface area contributed by atoms with Gasteiger partial charge in [-0.15, -0.1) is 0 Å². The highest BCUT2D eigenvalue weighted by Gasteiger charge is 2.26. The third kappa shape index (κ3) is 2.60. The van der Waals surface area contributed by atoms with Crippen LogP contribution in [0.2, 0.25) is 0 Å². The fourth-order valence-electron chi connectivity index (χ4n) is 2.70. The Morgan fingerprint density at radius 3 is 1.70 bits per heavy atom. The van der Waals surface area contributed by atoms with Crippen molar-refractivity contribution >= 4 is 0 Å². The SMILES string of the molecule is OCCN1COc2ccc3c(c2C1)CN(CCO)CO3. The number of hydrogen-bond donors (Lipinski definition) is 2. The van der Waals surface area contributed by atoms with E-state index in [1.54, 1.807) is 0 Å². The van der Waals surface area contributed by atoms with Gasteiger partial charge in [0.2, 0.25) is 0 Å². The molecule has 0 unspecified atom stereocenters. The van der Waals surface area contributed by atoms with E-state index in [9.17, 15) is 0 Å². The van der Waals surface area contributed by atoms with E-state index in [2.05, 4.69) is 9.80 Å². The molecule has 1 aromatic carbocycles. The van der Waals surface area contributed by atoms with Gasteiger partial charge >= 0.3 is 0 Å². The van der Waals surface area contributed by atoms with Crippen LogP contribution in [0.3, 0.4) is 0 Å². The lowest BCUT2D eigenvalue weighted by molar-refractivity contribution is 0.0631. The molecule has 2 aliphatic rings. The van der Waals surface area contributed by atoms with E-state index in [-0.39, 0.29) is 13.2 Å². The van der Waals surface area contributed by atoms with Gasteiger partial charge in [0.1, 0.15) is 25.0 Å². The maximum absolute atomic E-state index is 9.06. The van der Waals surface area contributed by atoms with Crippen LogP contribution >= 0.6 is 0 Å². The van der Waals surface area contributed by atoms with Gasteiger partial charge in [0.25, 0.3) is 0 Å². The van der Waals surface area contributed by atoms with Gasteiger partial charge in [0.15, 0.2) is 0 Å². The molecule has 0 fully saturated rings. The van der Waals surface area contributed by atoms with Crippen molar-refractivity contribution in [3.63, 3.8) is 0 Å². The van der Waals surface area contributed by atoms with Crippen molar-refractivity contribution in [2.75, 3.05) is 39.8 Å². The Morgan fingerprint density at radius 1 is 0.850 bits per heavy atom. The van der Waals surface area contributed by atoms with Gasteiger partial charge in [0.05, 0.1) is 13.2 Å². The fraction of sp³-hybridized carbons (Fsp3) is 0.571. The van der Waals surface area contributed by atoms with Gasteiger partial charge in [-0.05, 0) is 12.1 Å². The minimum absolute atomic E-state index is 0.126. The number of hydrogen-bond acceptors (Lipinski definition) is 6. The van der Waals surface area contributed by atoms with Gasteiger partial charge in [0, 0.05) is 37.3 Å². The molecule has 20 heavy (non-hydrogen) atoms. The summed E-state index contributed by atoms with van der Waals surface area (Å²) in [6.45, 7) is 3.99. The largest absolute Gasteiger partial charge is 0.478 e. The number of β-amino-alcohol motifs (C(OH)–C–C–N with tert-alkyl or cyclic N) is 2. The second kappa shape index (κ2) is 5.97. The lowest BCUT2D eigenvalue weighted by Gasteiger charge is -2.34. The predicted octanol–water partition coefficient (Wildman–Crippen LogP) is -0.0250. The van der Waals surface area contributed by atoms with Gasteiger partial charge in [-0.25, -0.2) is 0 Å². The zero-order valence-corrected chi connectivity index (χ0v) is 11.4. The van der Waals surface area contributed by atoms with Crippen molar-refractivity contribution in [2.24, 2.45) is 0 Å². The molecular formula is C14H20N2O4. The summed E-state index contributed by atoms with van der Waals surface area (Å²) in [7, 11) is 0. The summed E-state index contributed by atoms with van der Waals surface area (Å²) in [5.41, 5.74) is 2.26.